The van der Waals surface area contributed by atoms with Crippen LogP contribution in [0.5, 0.6) is 0 Å². The number of hydrogen-bond acceptors (Lipinski definition) is 4. The van der Waals surface area contributed by atoms with Gasteiger partial charge in [0.1, 0.15) is 17.3 Å². The lowest BCUT2D eigenvalue weighted by atomic mass is 10.1. The number of nitrogens with two attached hydrogens (primary N) is 1. The zero-order chi connectivity index (χ0) is 12.6. The number of halogens is 2. The molecule has 0 unspecified atom stereocenters. The molecule has 0 saturated heterocycles. The van der Waals surface area contributed by atoms with Crippen LogP contribution in [0.3, 0.4) is 0 Å². The molecule has 3 N–H and O–H groups in total. The predicted octanol–water partition coefficient (Wildman–Crippen LogP) is 1.90. The van der Waals surface area contributed by atoms with Gasteiger partial charge in [0, 0.05) is 17.7 Å². The average molecular weight is 240 g/mol. The van der Waals surface area contributed by atoms with E-state index in [9.17, 15) is 13.6 Å². The molecule has 1 aromatic carbocycles. The van der Waals surface area contributed by atoms with Gasteiger partial charge in [-0.3, -0.25) is 0 Å². The number of aromatic carboxylic acids is 1. The molecule has 0 fully saturated rings. The summed E-state index contributed by atoms with van der Waals surface area (Å²) in [5, 5.41) is 12.1. The minimum atomic E-state index is -1.50. The third-order valence-electron chi connectivity index (χ3n) is 2.09. The first-order valence-corrected chi connectivity index (χ1v) is 4.44. The van der Waals surface area contributed by atoms with Crippen LogP contribution < -0.4 is 5.73 Å². The van der Waals surface area contributed by atoms with Crippen molar-refractivity contribution in [1.29, 1.82) is 0 Å². The summed E-state index contributed by atoms with van der Waals surface area (Å²) in [5.41, 5.74) is 4.41. The molecule has 7 heteroatoms. The van der Waals surface area contributed by atoms with E-state index >= 15 is 0 Å². The number of carboxylic acids is 1. The molecule has 5 nitrogen and oxygen atoms in total. The zero-order valence-electron chi connectivity index (χ0n) is 8.28. The molecule has 88 valence electrons. The van der Waals surface area contributed by atoms with Crippen LogP contribution in [0, 0.1) is 11.6 Å². The van der Waals surface area contributed by atoms with Gasteiger partial charge in [0.15, 0.2) is 0 Å². The first-order valence-electron chi connectivity index (χ1n) is 4.44. The van der Waals surface area contributed by atoms with Crippen LogP contribution in [0.25, 0.3) is 11.3 Å². The topological polar surface area (TPSA) is 89.4 Å². The number of carbonyl (C=O) groups is 1. The number of benzene rings is 1. The number of aromatic nitrogens is 1. The molecule has 2 rings (SSSR count). The smallest absolute Gasteiger partial charge is 0.338 e. The Balaban J connectivity index is 2.62. The molecule has 0 atom stereocenters. The van der Waals surface area contributed by atoms with Crippen molar-refractivity contribution in [2.75, 3.05) is 5.73 Å². The molecule has 0 aliphatic rings. The summed E-state index contributed by atoms with van der Waals surface area (Å²) >= 11 is 0. The van der Waals surface area contributed by atoms with Crippen LogP contribution >= 0.6 is 0 Å². The van der Waals surface area contributed by atoms with Crippen LogP contribution in [0.2, 0.25) is 0 Å². The zero-order valence-corrected chi connectivity index (χ0v) is 8.28. The van der Waals surface area contributed by atoms with E-state index in [0.29, 0.717) is 6.07 Å². The van der Waals surface area contributed by atoms with E-state index in [0.717, 1.165) is 6.07 Å². The van der Waals surface area contributed by atoms with E-state index < -0.39 is 23.2 Å². The Kier molecular flexibility index (Phi) is 2.51. The summed E-state index contributed by atoms with van der Waals surface area (Å²) in [5.74, 6) is -3.66. The van der Waals surface area contributed by atoms with Crippen molar-refractivity contribution in [1.82, 2.24) is 5.16 Å². The van der Waals surface area contributed by atoms with Crippen molar-refractivity contribution in [3.05, 3.63) is 35.4 Å². The van der Waals surface area contributed by atoms with E-state index in [-0.39, 0.29) is 17.1 Å². The summed E-state index contributed by atoms with van der Waals surface area (Å²) in [4.78, 5) is 10.7. The molecule has 0 aliphatic heterocycles. The Hall–Kier alpha value is -2.44. The molecule has 1 aromatic heterocycles. The third kappa shape index (κ3) is 1.94. The Bertz CT molecular complexity index is 595. The molecule has 17 heavy (non-hydrogen) atoms. The number of carboxylic acid groups (broad SMARTS) is 1. The minimum absolute atomic E-state index is 0.00231. The average Bonchev–Trinajstić information content (AvgIpc) is 2.64. The minimum Gasteiger partial charge on any atom is -0.478 e. The largest absolute Gasteiger partial charge is 0.478 e. The fourth-order valence-corrected chi connectivity index (χ4v) is 1.33. The summed E-state index contributed by atoms with van der Waals surface area (Å²) in [6, 6.07) is 2.52. The lowest BCUT2D eigenvalue weighted by molar-refractivity contribution is 0.0692. The lowest BCUT2D eigenvalue weighted by Crippen LogP contribution is -2.02. The monoisotopic (exact) mass is 240 g/mol. The van der Waals surface area contributed by atoms with Gasteiger partial charge in [-0.15, -0.1) is 0 Å². The fourth-order valence-electron chi connectivity index (χ4n) is 1.33. The molecule has 2 aromatic rings. The van der Waals surface area contributed by atoms with Gasteiger partial charge in [-0.05, 0) is 6.07 Å². The standard InChI is InChI=1S/C10H6F2N2O3/c11-6-2-7(12)5(10(15)16)1-4(6)8-3-9(13)17-14-8/h1-3H,13H2,(H,15,16). The van der Waals surface area contributed by atoms with E-state index in [4.69, 9.17) is 10.8 Å². The highest BCUT2D eigenvalue weighted by atomic mass is 19.1. The summed E-state index contributed by atoms with van der Waals surface area (Å²) < 4.78 is 31.1. The summed E-state index contributed by atoms with van der Waals surface area (Å²) in [7, 11) is 0. The van der Waals surface area contributed by atoms with Crippen molar-refractivity contribution in [2.24, 2.45) is 0 Å². The second-order valence-corrected chi connectivity index (χ2v) is 3.23. The lowest BCUT2D eigenvalue weighted by Gasteiger charge is -2.02. The molecule has 0 spiro atoms. The van der Waals surface area contributed by atoms with Crippen molar-refractivity contribution in [2.45, 2.75) is 0 Å². The van der Waals surface area contributed by atoms with Crippen molar-refractivity contribution in [3.63, 3.8) is 0 Å². The highest BCUT2D eigenvalue weighted by Crippen LogP contribution is 2.26. The van der Waals surface area contributed by atoms with Crippen LogP contribution in [0.15, 0.2) is 22.7 Å². The molecule has 0 amide bonds. The van der Waals surface area contributed by atoms with Gasteiger partial charge >= 0.3 is 5.97 Å². The highest BCUT2D eigenvalue weighted by Gasteiger charge is 2.18. The Morgan fingerprint density at radius 3 is 2.53 bits per heavy atom. The van der Waals surface area contributed by atoms with Gasteiger partial charge in [0.25, 0.3) is 0 Å². The van der Waals surface area contributed by atoms with Gasteiger partial charge in [-0.2, -0.15) is 0 Å². The maximum absolute atomic E-state index is 13.4. The van der Waals surface area contributed by atoms with E-state index in [2.05, 4.69) is 9.68 Å². The van der Waals surface area contributed by atoms with Gasteiger partial charge in [0.2, 0.25) is 5.88 Å². The maximum atomic E-state index is 13.4. The molecular weight excluding hydrogens is 234 g/mol. The molecule has 1 heterocycles. The second-order valence-electron chi connectivity index (χ2n) is 3.23. The van der Waals surface area contributed by atoms with Gasteiger partial charge in [-0.1, -0.05) is 5.16 Å². The van der Waals surface area contributed by atoms with E-state index in [1.165, 1.54) is 6.07 Å². The molecular formula is C10H6F2N2O3. The van der Waals surface area contributed by atoms with Crippen LogP contribution in [-0.4, -0.2) is 16.2 Å². The predicted molar refractivity (Wildman–Crippen MR) is 53.2 cm³/mol. The Morgan fingerprint density at radius 2 is 2.00 bits per heavy atom. The fraction of sp³-hybridized carbons (Fsp3) is 0. The van der Waals surface area contributed by atoms with E-state index in [1.807, 2.05) is 0 Å². The summed E-state index contributed by atoms with van der Waals surface area (Å²) in [6.45, 7) is 0. The second kappa shape index (κ2) is 3.85. The SMILES string of the molecule is Nc1cc(-c2cc(C(=O)O)c(F)cc2F)no1. The number of anilines is 1. The van der Waals surface area contributed by atoms with Gasteiger partial charge < -0.3 is 15.4 Å². The Labute approximate surface area is 93.4 Å². The van der Waals surface area contributed by atoms with Crippen LogP contribution in [0.1, 0.15) is 10.4 Å². The third-order valence-corrected chi connectivity index (χ3v) is 2.09. The summed E-state index contributed by atoms with van der Waals surface area (Å²) in [6.07, 6.45) is 0. The van der Waals surface area contributed by atoms with Crippen LogP contribution in [0.4, 0.5) is 14.7 Å². The quantitative estimate of drug-likeness (QED) is 0.836. The van der Waals surface area contributed by atoms with Crippen molar-refractivity contribution < 1.29 is 23.2 Å². The van der Waals surface area contributed by atoms with Gasteiger partial charge in [0.05, 0.1) is 5.56 Å². The molecule has 0 bridgehead atoms. The first kappa shape index (κ1) is 11.1. The highest BCUT2D eigenvalue weighted by molar-refractivity contribution is 5.89. The van der Waals surface area contributed by atoms with Crippen molar-refractivity contribution in [3.8, 4) is 11.3 Å². The Morgan fingerprint density at radius 1 is 1.29 bits per heavy atom. The first-order chi connectivity index (χ1) is 7.99. The van der Waals surface area contributed by atoms with Crippen LogP contribution in [-0.2, 0) is 0 Å². The number of nitrogens with zero attached hydrogens (tertiary/aromatic N) is 1. The van der Waals surface area contributed by atoms with Crippen molar-refractivity contribution >= 4 is 11.9 Å². The molecule has 0 radical (unpaired) electrons. The molecule has 0 aliphatic carbocycles. The number of nitrogen functional groups attached to an aromatic ring is 1. The molecule has 0 saturated carbocycles. The van der Waals surface area contributed by atoms with Gasteiger partial charge in [-0.25, -0.2) is 13.6 Å². The number of hydrogen-bond donors (Lipinski definition) is 2. The van der Waals surface area contributed by atoms with E-state index in [1.54, 1.807) is 0 Å². The normalized spacial score (nSPS) is 10.5. The number of rotatable bonds is 2. The maximum Gasteiger partial charge on any atom is 0.338 e.